The first-order valence-electron chi connectivity index (χ1n) is 12.7. The van der Waals surface area contributed by atoms with E-state index in [2.05, 4.69) is 11.4 Å². The second-order valence-corrected chi connectivity index (χ2v) is 9.88. The molecule has 1 amide bonds. The first kappa shape index (κ1) is 28.3. The highest BCUT2D eigenvalue weighted by Gasteiger charge is 2.32. The van der Waals surface area contributed by atoms with Gasteiger partial charge in [0.25, 0.3) is 0 Å². The zero-order valence-corrected chi connectivity index (χ0v) is 22.2. The lowest BCUT2D eigenvalue weighted by Crippen LogP contribution is -2.30. The highest BCUT2D eigenvalue weighted by atomic mass is 19.1. The molecule has 6 nitrogen and oxygen atoms in total. The molecule has 1 aliphatic carbocycles. The van der Waals surface area contributed by atoms with Crippen molar-refractivity contribution in [3.8, 4) is 0 Å². The molecule has 1 aromatic rings. The van der Waals surface area contributed by atoms with E-state index in [-0.39, 0.29) is 49.0 Å². The maximum atomic E-state index is 14.0. The van der Waals surface area contributed by atoms with Crippen molar-refractivity contribution in [2.75, 3.05) is 19.8 Å². The summed E-state index contributed by atoms with van der Waals surface area (Å²) in [5.74, 6) is -1.68. The fourth-order valence-corrected chi connectivity index (χ4v) is 4.99. The van der Waals surface area contributed by atoms with Gasteiger partial charge in [-0.25, -0.2) is 4.39 Å². The number of ether oxygens (including phenoxy) is 1. The number of hydrogen-bond donors (Lipinski definition) is 2. The van der Waals surface area contributed by atoms with Crippen LogP contribution in [0.2, 0.25) is 0 Å². The molecule has 2 N–H and O–H groups in total. The van der Waals surface area contributed by atoms with Crippen LogP contribution >= 0.6 is 0 Å². The van der Waals surface area contributed by atoms with Crippen LogP contribution < -0.4 is 5.32 Å². The van der Waals surface area contributed by atoms with Crippen molar-refractivity contribution >= 4 is 23.2 Å². The lowest BCUT2D eigenvalue weighted by atomic mass is 9.76. The van der Waals surface area contributed by atoms with Gasteiger partial charge in [0, 0.05) is 18.0 Å². The number of Topliss-reactive ketones (excluding diaryl/α,β-unsaturated/α-hetero) is 1. The molecule has 0 bridgehead atoms. The molecule has 0 spiro atoms. The minimum absolute atomic E-state index is 0.0173. The summed E-state index contributed by atoms with van der Waals surface area (Å²) >= 11 is 0. The molecular weight excluding hydrogens is 473 g/mol. The van der Waals surface area contributed by atoms with Crippen LogP contribution in [0, 0.1) is 24.6 Å². The quantitative estimate of drug-likeness (QED) is 0.558. The van der Waals surface area contributed by atoms with Crippen molar-refractivity contribution in [1.29, 1.82) is 0 Å². The van der Waals surface area contributed by atoms with Gasteiger partial charge >= 0.3 is 5.97 Å². The van der Waals surface area contributed by atoms with Crippen LogP contribution in [0.3, 0.4) is 0 Å². The fraction of sp³-hybridized carbons (Fsp3) is 0.433. The van der Waals surface area contributed by atoms with E-state index < -0.39 is 12.5 Å². The van der Waals surface area contributed by atoms with Gasteiger partial charge in [0.2, 0.25) is 5.91 Å². The van der Waals surface area contributed by atoms with Crippen LogP contribution in [0.15, 0.2) is 58.2 Å². The SMILES string of the molecule is CC/C=C1C(\C)=C\C2=C(COC(=O)C2)C(=O)C(C)C(C)CC\1=C(/CNC(=O)CO)c1ccc(F)cc1C. The predicted octanol–water partition coefficient (Wildman–Crippen LogP) is 4.77. The fourth-order valence-electron chi connectivity index (χ4n) is 4.99. The minimum atomic E-state index is -0.642. The number of carbonyl (C=O) groups is 3. The van der Waals surface area contributed by atoms with Crippen LogP contribution in [0.5, 0.6) is 0 Å². The normalized spacial score (nSPS) is 24.7. The third-order valence-electron chi connectivity index (χ3n) is 7.22. The number of ketones is 1. The molecule has 2 atom stereocenters. The Kier molecular flexibility index (Phi) is 9.38. The summed E-state index contributed by atoms with van der Waals surface area (Å²) in [7, 11) is 0. The number of allylic oxidation sites excluding steroid dienone is 5. The van der Waals surface area contributed by atoms with Gasteiger partial charge in [-0.2, -0.15) is 0 Å². The van der Waals surface area contributed by atoms with E-state index in [9.17, 15) is 23.9 Å². The highest BCUT2D eigenvalue weighted by Crippen LogP contribution is 2.39. The Morgan fingerprint density at radius 1 is 1.24 bits per heavy atom. The van der Waals surface area contributed by atoms with Crippen LogP contribution in [0.4, 0.5) is 4.39 Å². The van der Waals surface area contributed by atoms with Gasteiger partial charge < -0.3 is 15.2 Å². The average molecular weight is 510 g/mol. The molecule has 2 aliphatic rings. The molecule has 0 fully saturated rings. The lowest BCUT2D eigenvalue weighted by molar-refractivity contribution is -0.143. The zero-order chi connectivity index (χ0) is 27.3. The van der Waals surface area contributed by atoms with Gasteiger partial charge in [-0.3, -0.25) is 14.4 Å². The minimum Gasteiger partial charge on any atom is -0.460 e. The third-order valence-corrected chi connectivity index (χ3v) is 7.22. The number of esters is 1. The average Bonchev–Trinajstić information content (AvgIpc) is 2.86. The molecule has 0 saturated carbocycles. The first-order valence-corrected chi connectivity index (χ1v) is 12.7. The number of cyclic esters (lactones) is 1. The Hall–Kier alpha value is -3.32. The van der Waals surface area contributed by atoms with Gasteiger partial charge in [-0.15, -0.1) is 0 Å². The van der Waals surface area contributed by atoms with Crippen molar-refractivity contribution in [1.82, 2.24) is 5.32 Å². The monoisotopic (exact) mass is 509 g/mol. The number of amides is 1. The largest absolute Gasteiger partial charge is 0.460 e. The van der Waals surface area contributed by atoms with E-state index in [1.165, 1.54) is 12.1 Å². The standard InChI is InChI=1S/C30H36FNO5/c1-6-7-23-18(3)10-21-13-29(35)37-16-27(21)30(36)20(5)17(2)12-25(23)26(14-32-28(34)15-33)24-9-8-22(31)11-19(24)4/h7-11,17,20,33H,6,12-16H2,1-5H3,(H,32,34)/b18-10+,23-7+,26-25-. The lowest BCUT2D eigenvalue weighted by Gasteiger charge is -2.29. The Labute approximate surface area is 218 Å². The summed E-state index contributed by atoms with van der Waals surface area (Å²) in [6.07, 6.45) is 5.32. The molecule has 7 heteroatoms. The number of hydrogen-bond acceptors (Lipinski definition) is 5. The number of aliphatic hydroxyl groups excluding tert-OH is 1. The van der Waals surface area contributed by atoms with E-state index in [0.717, 1.165) is 34.3 Å². The molecule has 198 valence electrons. The van der Waals surface area contributed by atoms with Crippen molar-refractivity contribution < 1.29 is 28.6 Å². The number of benzene rings is 1. The molecule has 37 heavy (non-hydrogen) atoms. The van der Waals surface area contributed by atoms with E-state index in [0.29, 0.717) is 23.1 Å². The number of carbonyl (C=O) groups excluding carboxylic acids is 3. The molecule has 1 heterocycles. The van der Waals surface area contributed by atoms with E-state index >= 15 is 0 Å². The molecular formula is C30H36FNO5. The van der Waals surface area contributed by atoms with Crippen molar-refractivity contribution in [2.45, 2.75) is 53.9 Å². The Balaban J connectivity index is 2.33. The smallest absolute Gasteiger partial charge is 0.310 e. The summed E-state index contributed by atoms with van der Waals surface area (Å²) in [6.45, 7) is 9.18. The van der Waals surface area contributed by atoms with Crippen LogP contribution in [0.1, 0.15) is 58.1 Å². The number of aryl methyl sites for hydroxylation is 1. The third kappa shape index (κ3) is 6.52. The molecule has 3 rings (SSSR count). The molecule has 0 saturated heterocycles. The molecule has 1 aliphatic heterocycles. The first-order chi connectivity index (χ1) is 17.6. The number of rotatable bonds is 5. The molecule has 0 radical (unpaired) electrons. The van der Waals surface area contributed by atoms with Gasteiger partial charge in [0.15, 0.2) is 5.78 Å². The van der Waals surface area contributed by atoms with Crippen molar-refractivity contribution in [2.24, 2.45) is 11.8 Å². The Morgan fingerprint density at radius 2 is 1.97 bits per heavy atom. The summed E-state index contributed by atoms with van der Waals surface area (Å²) < 4.78 is 19.2. The maximum Gasteiger partial charge on any atom is 0.310 e. The van der Waals surface area contributed by atoms with Gasteiger partial charge in [-0.1, -0.05) is 39.0 Å². The number of aliphatic hydroxyl groups is 1. The maximum absolute atomic E-state index is 14.0. The summed E-state index contributed by atoms with van der Waals surface area (Å²) in [6, 6.07) is 4.55. The predicted molar refractivity (Wildman–Crippen MR) is 141 cm³/mol. The van der Waals surface area contributed by atoms with Gasteiger partial charge in [0.05, 0.1) is 6.42 Å². The Morgan fingerprint density at radius 3 is 2.62 bits per heavy atom. The van der Waals surface area contributed by atoms with Crippen LogP contribution in [0.25, 0.3) is 5.57 Å². The van der Waals surface area contributed by atoms with Gasteiger partial charge in [-0.05, 0) is 83.7 Å². The second kappa shape index (κ2) is 12.3. The van der Waals surface area contributed by atoms with Crippen molar-refractivity contribution in [3.05, 3.63) is 75.2 Å². The summed E-state index contributed by atoms with van der Waals surface area (Å²) in [5.41, 5.74) is 6.31. The molecule has 1 aromatic carbocycles. The van der Waals surface area contributed by atoms with Crippen molar-refractivity contribution in [3.63, 3.8) is 0 Å². The van der Waals surface area contributed by atoms with E-state index in [1.54, 1.807) is 6.07 Å². The van der Waals surface area contributed by atoms with Crippen LogP contribution in [-0.4, -0.2) is 42.5 Å². The van der Waals surface area contributed by atoms with Crippen LogP contribution in [-0.2, 0) is 19.1 Å². The number of nitrogens with one attached hydrogen (secondary N) is 1. The Bertz CT molecular complexity index is 1220. The molecule has 2 unspecified atom stereocenters. The second-order valence-electron chi connectivity index (χ2n) is 9.88. The molecule has 0 aromatic heterocycles. The topological polar surface area (TPSA) is 92.7 Å². The van der Waals surface area contributed by atoms with Gasteiger partial charge in [0.1, 0.15) is 19.0 Å². The zero-order valence-electron chi connectivity index (χ0n) is 22.2. The van der Waals surface area contributed by atoms with E-state index in [1.807, 2.05) is 40.7 Å². The summed E-state index contributed by atoms with van der Waals surface area (Å²) in [4.78, 5) is 37.7. The number of halogens is 1. The highest BCUT2D eigenvalue weighted by molar-refractivity contribution is 6.00. The van der Waals surface area contributed by atoms with E-state index in [4.69, 9.17) is 4.74 Å². The summed E-state index contributed by atoms with van der Waals surface area (Å²) in [5, 5.41) is 12.1.